The molecule has 0 saturated carbocycles. The van der Waals surface area contributed by atoms with Crippen molar-refractivity contribution in [2.75, 3.05) is 5.73 Å². The summed E-state index contributed by atoms with van der Waals surface area (Å²) >= 11 is 0. The highest BCUT2D eigenvalue weighted by Gasteiger charge is 2.02. The number of hydrogen-bond acceptors (Lipinski definition) is 4. The Bertz CT molecular complexity index is 420. The minimum Gasteiger partial charge on any atom is -0.415 e. The smallest absolute Gasteiger partial charge is 0.401 e. The van der Waals surface area contributed by atoms with Gasteiger partial charge in [-0.3, -0.25) is 0 Å². The van der Waals surface area contributed by atoms with Gasteiger partial charge in [0.2, 0.25) is 0 Å². The lowest BCUT2D eigenvalue weighted by Gasteiger charge is -1.99. The van der Waals surface area contributed by atoms with E-state index in [1.54, 1.807) is 0 Å². The van der Waals surface area contributed by atoms with E-state index in [9.17, 15) is 0 Å². The molecule has 2 N–H and O–H groups in total. The summed E-state index contributed by atoms with van der Waals surface area (Å²) in [6, 6.07) is 7.58. The first-order chi connectivity index (χ1) is 6.74. The van der Waals surface area contributed by atoms with Crippen LogP contribution in [0.25, 0.3) is 0 Å². The molecule has 1 heterocycles. The maximum atomic E-state index is 5.37. The molecular weight excluding hydrogens is 180 g/mol. The van der Waals surface area contributed by atoms with E-state index >= 15 is 0 Å². The van der Waals surface area contributed by atoms with Crippen molar-refractivity contribution in [1.29, 1.82) is 0 Å². The summed E-state index contributed by atoms with van der Waals surface area (Å²) in [5.41, 5.74) is 6.54. The van der Waals surface area contributed by atoms with Gasteiger partial charge < -0.3 is 14.9 Å². The van der Waals surface area contributed by atoms with E-state index in [1.807, 2.05) is 31.2 Å². The first kappa shape index (κ1) is 8.62. The second-order valence-corrected chi connectivity index (χ2v) is 2.95. The Labute approximate surface area is 81.3 Å². The molecule has 0 aliphatic carbocycles. The van der Waals surface area contributed by atoms with Crippen molar-refractivity contribution < 1.29 is 9.15 Å². The van der Waals surface area contributed by atoms with Crippen LogP contribution >= 0.6 is 0 Å². The SMILES string of the molecule is Cc1ccc(Oc2nc(N)co2)cc1. The van der Waals surface area contributed by atoms with Gasteiger partial charge in [0.05, 0.1) is 0 Å². The Balaban J connectivity index is 2.15. The Kier molecular flexibility index (Phi) is 2.10. The summed E-state index contributed by atoms with van der Waals surface area (Å²) in [6.45, 7) is 2.01. The van der Waals surface area contributed by atoms with Gasteiger partial charge in [-0.25, -0.2) is 0 Å². The Morgan fingerprint density at radius 1 is 1.29 bits per heavy atom. The molecule has 0 aliphatic heterocycles. The van der Waals surface area contributed by atoms with Gasteiger partial charge in [0.15, 0.2) is 5.82 Å². The van der Waals surface area contributed by atoms with Crippen LogP contribution in [0.15, 0.2) is 34.9 Å². The van der Waals surface area contributed by atoms with E-state index in [1.165, 1.54) is 11.8 Å². The van der Waals surface area contributed by atoms with Crippen LogP contribution in [0.4, 0.5) is 5.82 Å². The highest BCUT2D eigenvalue weighted by Crippen LogP contribution is 2.21. The van der Waals surface area contributed by atoms with Gasteiger partial charge in [0.25, 0.3) is 0 Å². The van der Waals surface area contributed by atoms with Crippen molar-refractivity contribution in [3.8, 4) is 11.8 Å². The van der Waals surface area contributed by atoms with E-state index in [-0.39, 0.29) is 6.08 Å². The number of nitrogens with two attached hydrogens (primary N) is 1. The average Bonchev–Trinajstić information content (AvgIpc) is 2.56. The largest absolute Gasteiger partial charge is 0.415 e. The van der Waals surface area contributed by atoms with Gasteiger partial charge in [0.1, 0.15) is 12.0 Å². The van der Waals surface area contributed by atoms with Gasteiger partial charge in [-0.05, 0) is 19.1 Å². The molecular formula is C10H10N2O2. The number of aryl methyl sites for hydroxylation is 1. The molecule has 0 fully saturated rings. The van der Waals surface area contributed by atoms with Crippen molar-refractivity contribution in [1.82, 2.24) is 4.98 Å². The molecule has 2 aromatic rings. The Morgan fingerprint density at radius 3 is 2.57 bits per heavy atom. The second-order valence-electron chi connectivity index (χ2n) is 2.95. The van der Waals surface area contributed by atoms with Crippen molar-refractivity contribution in [3.63, 3.8) is 0 Å². The van der Waals surface area contributed by atoms with Gasteiger partial charge in [-0.2, -0.15) is 4.98 Å². The molecule has 0 aliphatic rings. The molecule has 4 heteroatoms. The highest BCUT2D eigenvalue weighted by molar-refractivity contribution is 5.30. The lowest BCUT2D eigenvalue weighted by atomic mass is 10.2. The summed E-state index contributed by atoms with van der Waals surface area (Å²) in [4.78, 5) is 3.82. The maximum Gasteiger partial charge on any atom is 0.401 e. The summed E-state index contributed by atoms with van der Waals surface area (Å²) < 4.78 is 10.2. The van der Waals surface area contributed by atoms with Crippen LogP contribution in [-0.4, -0.2) is 4.98 Å². The van der Waals surface area contributed by atoms with E-state index < -0.39 is 0 Å². The maximum absolute atomic E-state index is 5.37. The molecule has 0 saturated heterocycles. The zero-order valence-corrected chi connectivity index (χ0v) is 7.73. The van der Waals surface area contributed by atoms with Crippen LogP contribution in [0, 0.1) is 6.92 Å². The first-order valence-electron chi connectivity index (χ1n) is 4.19. The molecule has 72 valence electrons. The Hall–Kier alpha value is -1.97. The molecule has 0 amide bonds. The number of aromatic nitrogens is 1. The fourth-order valence-electron chi connectivity index (χ4n) is 1.02. The van der Waals surface area contributed by atoms with Crippen LogP contribution < -0.4 is 10.5 Å². The zero-order chi connectivity index (χ0) is 9.97. The van der Waals surface area contributed by atoms with Crippen LogP contribution in [0.5, 0.6) is 11.8 Å². The lowest BCUT2D eigenvalue weighted by molar-refractivity contribution is 0.330. The molecule has 2 rings (SSSR count). The number of hydrogen-bond donors (Lipinski definition) is 1. The molecule has 0 atom stereocenters. The fraction of sp³-hybridized carbons (Fsp3) is 0.100. The third-order valence-electron chi connectivity index (χ3n) is 1.73. The van der Waals surface area contributed by atoms with Crippen LogP contribution in [0.3, 0.4) is 0 Å². The zero-order valence-electron chi connectivity index (χ0n) is 7.73. The quantitative estimate of drug-likeness (QED) is 0.789. The molecule has 0 unspecified atom stereocenters. The van der Waals surface area contributed by atoms with Gasteiger partial charge >= 0.3 is 6.08 Å². The number of nitrogen functional groups attached to an aromatic ring is 1. The topological polar surface area (TPSA) is 61.3 Å². The van der Waals surface area contributed by atoms with E-state index in [4.69, 9.17) is 14.9 Å². The highest BCUT2D eigenvalue weighted by atomic mass is 16.6. The third kappa shape index (κ3) is 1.85. The minimum absolute atomic E-state index is 0.159. The summed E-state index contributed by atoms with van der Waals surface area (Å²) in [5.74, 6) is 0.990. The van der Waals surface area contributed by atoms with Crippen molar-refractivity contribution in [3.05, 3.63) is 36.1 Å². The summed E-state index contributed by atoms with van der Waals surface area (Å²) in [5, 5.41) is 0. The molecule has 0 spiro atoms. The van der Waals surface area contributed by atoms with Gasteiger partial charge in [0, 0.05) is 0 Å². The molecule has 0 radical (unpaired) electrons. The third-order valence-corrected chi connectivity index (χ3v) is 1.73. The molecule has 14 heavy (non-hydrogen) atoms. The monoisotopic (exact) mass is 190 g/mol. The molecule has 0 bridgehead atoms. The predicted molar refractivity (Wildman–Crippen MR) is 52.2 cm³/mol. The lowest BCUT2D eigenvalue weighted by Crippen LogP contribution is -1.86. The van der Waals surface area contributed by atoms with E-state index in [0.29, 0.717) is 11.6 Å². The average molecular weight is 190 g/mol. The minimum atomic E-state index is 0.159. The number of oxazole rings is 1. The van der Waals surface area contributed by atoms with E-state index in [2.05, 4.69) is 4.98 Å². The standard InChI is InChI=1S/C10H10N2O2/c1-7-2-4-8(5-3-7)14-10-12-9(11)6-13-10/h2-6H,11H2,1H3. The number of nitrogens with zero attached hydrogens (tertiary/aromatic N) is 1. The van der Waals surface area contributed by atoms with Crippen LogP contribution in [0.2, 0.25) is 0 Å². The Morgan fingerprint density at radius 2 is 2.00 bits per heavy atom. The summed E-state index contributed by atoms with van der Waals surface area (Å²) in [7, 11) is 0. The van der Waals surface area contributed by atoms with Crippen LogP contribution in [-0.2, 0) is 0 Å². The van der Waals surface area contributed by atoms with E-state index in [0.717, 1.165) is 0 Å². The molecule has 4 nitrogen and oxygen atoms in total. The first-order valence-corrected chi connectivity index (χ1v) is 4.19. The number of anilines is 1. The van der Waals surface area contributed by atoms with Crippen molar-refractivity contribution in [2.24, 2.45) is 0 Å². The van der Waals surface area contributed by atoms with Crippen molar-refractivity contribution >= 4 is 5.82 Å². The van der Waals surface area contributed by atoms with Crippen molar-refractivity contribution in [2.45, 2.75) is 6.92 Å². The normalized spacial score (nSPS) is 10.1. The number of rotatable bonds is 2. The molecule has 1 aromatic carbocycles. The van der Waals surface area contributed by atoms with Gasteiger partial charge in [-0.1, -0.05) is 17.7 Å². The second kappa shape index (κ2) is 3.41. The van der Waals surface area contributed by atoms with Crippen LogP contribution in [0.1, 0.15) is 5.56 Å². The van der Waals surface area contributed by atoms with Gasteiger partial charge in [-0.15, -0.1) is 0 Å². The number of ether oxygens (including phenoxy) is 1. The number of benzene rings is 1. The predicted octanol–water partition coefficient (Wildman–Crippen LogP) is 2.36. The molecule has 1 aromatic heterocycles. The fourth-order valence-corrected chi connectivity index (χ4v) is 1.02. The summed E-state index contributed by atoms with van der Waals surface area (Å²) in [6.07, 6.45) is 1.50.